The van der Waals surface area contributed by atoms with Gasteiger partial charge in [-0.25, -0.2) is 0 Å². The van der Waals surface area contributed by atoms with E-state index in [9.17, 15) is 18.3 Å². The number of thioether (sulfide) groups is 1. The quantitative estimate of drug-likeness (QED) is 0.777. The number of tetrazole rings is 1. The first-order valence-corrected chi connectivity index (χ1v) is 10.1. The van der Waals surface area contributed by atoms with Crippen LogP contribution in [0.5, 0.6) is 0 Å². The monoisotopic (exact) mass is 412 g/mol. The molecule has 1 aliphatic heterocycles. The first kappa shape index (κ1) is 19.4. The highest BCUT2D eigenvalue weighted by Crippen LogP contribution is 2.45. The summed E-state index contributed by atoms with van der Waals surface area (Å²) >= 11 is 1.51. The van der Waals surface area contributed by atoms with Crippen molar-refractivity contribution in [3.63, 3.8) is 0 Å². The molecule has 28 heavy (non-hydrogen) atoms. The SMILES string of the molecule is CSc1ccc(-n2nnnc2C(F)(F)F)cc1C1=CC2(CCC(CO)C2)OC1. The van der Waals surface area contributed by atoms with Crippen LogP contribution in [0.3, 0.4) is 0 Å². The number of rotatable bonds is 4. The van der Waals surface area contributed by atoms with E-state index in [2.05, 4.69) is 21.6 Å². The predicted molar refractivity (Wildman–Crippen MR) is 97.0 cm³/mol. The molecular formula is C18H19F3N4O2S. The van der Waals surface area contributed by atoms with Gasteiger partial charge < -0.3 is 9.84 Å². The molecule has 6 nitrogen and oxygen atoms in total. The summed E-state index contributed by atoms with van der Waals surface area (Å²) in [7, 11) is 0. The Bertz CT molecular complexity index is 914. The number of halogens is 3. The van der Waals surface area contributed by atoms with Crippen molar-refractivity contribution < 1.29 is 23.0 Å². The average molecular weight is 412 g/mol. The standard InChI is InChI=1S/C18H19F3N4O2S/c1-28-15-3-2-13(25-16(18(19,20)21)22-23-24-25)6-14(15)12-8-17(27-10-12)5-4-11(7-17)9-26/h2-3,6,8,11,26H,4-5,7,9-10H2,1H3. The van der Waals surface area contributed by atoms with Crippen LogP contribution in [0.4, 0.5) is 13.2 Å². The molecule has 1 aromatic carbocycles. The summed E-state index contributed by atoms with van der Waals surface area (Å²) in [6, 6.07) is 5.02. The van der Waals surface area contributed by atoms with Crippen molar-refractivity contribution in [3.8, 4) is 5.69 Å². The van der Waals surface area contributed by atoms with E-state index in [0.717, 1.165) is 35.3 Å². The van der Waals surface area contributed by atoms with Crippen molar-refractivity contribution in [2.75, 3.05) is 19.5 Å². The van der Waals surface area contributed by atoms with Gasteiger partial charge in [0.25, 0.3) is 5.82 Å². The van der Waals surface area contributed by atoms with E-state index in [1.165, 1.54) is 11.8 Å². The van der Waals surface area contributed by atoms with Crippen LogP contribution in [0.15, 0.2) is 29.2 Å². The van der Waals surface area contributed by atoms with Gasteiger partial charge in [-0.2, -0.15) is 17.9 Å². The Morgan fingerprint density at radius 3 is 2.89 bits per heavy atom. The molecule has 0 saturated heterocycles. The maximum Gasteiger partial charge on any atom is 0.453 e. The zero-order valence-corrected chi connectivity index (χ0v) is 15.9. The van der Waals surface area contributed by atoms with Gasteiger partial charge in [-0.05, 0) is 77.3 Å². The van der Waals surface area contributed by atoms with Gasteiger partial charge in [0.15, 0.2) is 0 Å². The lowest BCUT2D eigenvalue weighted by Crippen LogP contribution is -2.23. The van der Waals surface area contributed by atoms with Gasteiger partial charge in [0.05, 0.1) is 17.9 Å². The zero-order chi connectivity index (χ0) is 19.9. The molecule has 1 fully saturated rings. The molecule has 4 rings (SSSR count). The number of hydrogen-bond donors (Lipinski definition) is 1. The number of benzene rings is 1. The maximum atomic E-state index is 13.2. The number of aliphatic hydroxyl groups excluding tert-OH is 1. The fraction of sp³-hybridized carbons (Fsp3) is 0.500. The Morgan fingerprint density at radius 1 is 1.39 bits per heavy atom. The molecule has 0 amide bonds. The van der Waals surface area contributed by atoms with Gasteiger partial charge in [0, 0.05) is 11.5 Å². The lowest BCUT2D eigenvalue weighted by Gasteiger charge is -2.20. The molecule has 2 unspecified atom stereocenters. The van der Waals surface area contributed by atoms with Crippen LogP contribution in [0.1, 0.15) is 30.7 Å². The van der Waals surface area contributed by atoms with Crippen LogP contribution < -0.4 is 0 Å². The van der Waals surface area contributed by atoms with Crippen LogP contribution in [0.25, 0.3) is 11.3 Å². The number of ether oxygens (including phenoxy) is 1. The summed E-state index contributed by atoms with van der Waals surface area (Å²) in [5.41, 5.74) is 1.61. The number of hydrogen-bond acceptors (Lipinski definition) is 6. The minimum atomic E-state index is -4.65. The Morgan fingerprint density at radius 2 is 2.21 bits per heavy atom. The third-order valence-electron chi connectivity index (χ3n) is 5.32. The smallest absolute Gasteiger partial charge is 0.396 e. The molecule has 0 radical (unpaired) electrons. The van der Waals surface area contributed by atoms with E-state index in [0.29, 0.717) is 11.3 Å². The van der Waals surface area contributed by atoms with E-state index in [1.54, 1.807) is 18.2 Å². The number of nitrogens with zero attached hydrogens (tertiary/aromatic N) is 4. The first-order chi connectivity index (χ1) is 13.3. The number of aromatic nitrogens is 4. The van der Waals surface area contributed by atoms with Gasteiger partial charge >= 0.3 is 6.18 Å². The summed E-state index contributed by atoms with van der Waals surface area (Å²) in [6.07, 6.45) is 1.83. The Kier molecular flexibility index (Phi) is 4.96. The van der Waals surface area contributed by atoms with Crippen LogP contribution in [0.2, 0.25) is 0 Å². The Balaban J connectivity index is 1.73. The lowest BCUT2D eigenvalue weighted by atomic mass is 9.97. The fourth-order valence-electron chi connectivity index (χ4n) is 3.95. The molecule has 1 aliphatic carbocycles. The molecule has 2 aromatic rings. The molecule has 1 N–H and O–H groups in total. The number of aliphatic hydroxyl groups is 1. The van der Waals surface area contributed by atoms with Crippen molar-refractivity contribution in [1.29, 1.82) is 0 Å². The van der Waals surface area contributed by atoms with Gasteiger partial charge in [-0.1, -0.05) is 0 Å². The van der Waals surface area contributed by atoms with Crippen molar-refractivity contribution in [2.45, 2.75) is 35.9 Å². The summed E-state index contributed by atoms with van der Waals surface area (Å²) < 4.78 is 46.3. The average Bonchev–Trinajstić information content (AvgIpc) is 3.41. The van der Waals surface area contributed by atoms with Crippen LogP contribution in [0, 0.1) is 5.92 Å². The minimum absolute atomic E-state index is 0.138. The van der Waals surface area contributed by atoms with E-state index < -0.39 is 12.0 Å². The van der Waals surface area contributed by atoms with Gasteiger partial charge in [0.2, 0.25) is 0 Å². The zero-order valence-electron chi connectivity index (χ0n) is 15.1. The maximum absolute atomic E-state index is 13.2. The predicted octanol–water partition coefficient (Wildman–Crippen LogP) is 3.35. The molecule has 0 bridgehead atoms. The van der Waals surface area contributed by atoms with Crippen LogP contribution in [-0.2, 0) is 10.9 Å². The Labute approximate surface area is 163 Å². The van der Waals surface area contributed by atoms with E-state index in [-0.39, 0.29) is 23.8 Å². The lowest BCUT2D eigenvalue weighted by molar-refractivity contribution is -0.146. The van der Waals surface area contributed by atoms with E-state index >= 15 is 0 Å². The highest BCUT2D eigenvalue weighted by atomic mass is 32.2. The molecule has 2 atom stereocenters. The first-order valence-electron chi connectivity index (χ1n) is 8.86. The Hall–Kier alpha value is -1.91. The molecule has 2 aliphatic rings. The van der Waals surface area contributed by atoms with Crippen LogP contribution >= 0.6 is 11.8 Å². The molecule has 150 valence electrons. The van der Waals surface area contributed by atoms with Crippen molar-refractivity contribution >= 4 is 17.3 Å². The molecule has 10 heteroatoms. The molecule has 1 aromatic heterocycles. The highest BCUT2D eigenvalue weighted by Gasteiger charge is 2.42. The third kappa shape index (κ3) is 3.44. The van der Waals surface area contributed by atoms with E-state index in [4.69, 9.17) is 4.74 Å². The minimum Gasteiger partial charge on any atom is -0.396 e. The second-order valence-electron chi connectivity index (χ2n) is 7.11. The van der Waals surface area contributed by atoms with Gasteiger partial charge in [-0.15, -0.1) is 16.9 Å². The fourth-order valence-corrected chi connectivity index (χ4v) is 4.57. The molecule has 1 saturated carbocycles. The normalized spacial score (nSPS) is 24.9. The summed E-state index contributed by atoms with van der Waals surface area (Å²) in [5, 5.41) is 19.2. The summed E-state index contributed by atoms with van der Waals surface area (Å²) in [5.74, 6) is -0.942. The van der Waals surface area contributed by atoms with Crippen LogP contribution in [-0.4, -0.2) is 50.4 Å². The molecular weight excluding hydrogens is 393 g/mol. The largest absolute Gasteiger partial charge is 0.453 e. The van der Waals surface area contributed by atoms with Crippen molar-refractivity contribution in [3.05, 3.63) is 35.7 Å². The second-order valence-corrected chi connectivity index (χ2v) is 7.96. The topological polar surface area (TPSA) is 73.1 Å². The van der Waals surface area contributed by atoms with E-state index in [1.807, 2.05) is 6.26 Å². The highest BCUT2D eigenvalue weighted by molar-refractivity contribution is 7.98. The summed E-state index contributed by atoms with van der Waals surface area (Å²) in [6.45, 7) is 0.524. The second kappa shape index (κ2) is 7.16. The molecule has 2 heterocycles. The molecule has 1 spiro atoms. The van der Waals surface area contributed by atoms with Gasteiger partial charge in [0.1, 0.15) is 0 Å². The summed E-state index contributed by atoms with van der Waals surface area (Å²) in [4.78, 5) is 0.939. The van der Waals surface area contributed by atoms with Crippen molar-refractivity contribution in [2.24, 2.45) is 5.92 Å². The van der Waals surface area contributed by atoms with Gasteiger partial charge in [-0.3, -0.25) is 0 Å². The third-order valence-corrected chi connectivity index (χ3v) is 6.11. The number of alkyl halides is 3. The van der Waals surface area contributed by atoms with Crippen molar-refractivity contribution in [1.82, 2.24) is 20.2 Å².